The van der Waals surface area contributed by atoms with Crippen LogP contribution in [-0.2, 0) is 6.42 Å². The molecular weight excluding hydrogens is 459 g/mol. The number of nitriles is 1. The van der Waals surface area contributed by atoms with E-state index in [4.69, 9.17) is 25.2 Å². The van der Waals surface area contributed by atoms with Gasteiger partial charge in [0.15, 0.2) is 18.2 Å². The first-order chi connectivity index (χ1) is 12.7. The molecule has 1 aliphatic carbocycles. The van der Waals surface area contributed by atoms with Crippen molar-refractivity contribution in [3.05, 3.63) is 59.5 Å². The van der Waals surface area contributed by atoms with E-state index in [9.17, 15) is 0 Å². The normalized spacial score (nSPS) is 15.3. The molecule has 8 nitrogen and oxygen atoms in total. The highest BCUT2D eigenvalue weighted by atomic mass is 127. The summed E-state index contributed by atoms with van der Waals surface area (Å²) in [5.41, 5.74) is 8.82. The van der Waals surface area contributed by atoms with Crippen LogP contribution in [0.3, 0.4) is 0 Å². The second kappa shape index (κ2) is 7.79. The quantitative estimate of drug-likeness (QED) is 0.290. The molecule has 1 atom stereocenters. The Hall–Kier alpha value is -2.87. The number of anilines is 2. The number of halogens is 1. The smallest absolute Gasteiger partial charge is 0.301 e. The predicted octanol–water partition coefficient (Wildman–Crippen LogP) is 4.13. The zero-order chi connectivity index (χ0) is 18.1. The van der Waals surface area contributed by atoms with E-state index in [2.05, 4.69) is 15.3 Å². The standard InChI is InChI=1S/C18H16N6O2.HI.2H2/c19-7-16-24-18-13(2-1-3-14(18)26-16)23-10-4-5-12(20)11(6-10)17(21)15-8-22-9-25-15;;;/h4-6,8-9,13,21,23H,1-3,20H2;3*1H/t13-;;;/m1.../s1. The number of nitrogens with one attached hydrogen (secondary N) is 2. The van der Waals surface area contributed by atoms with Gasteiger partial charge in [-0.1, -0.05) is 0 Å². The van der Waals surface area contributed by atoms with Crippen molar-refractivity contribution in [2.24, 2.45) is 0 Å². The summed E-state index contributed by atoms with van der Waals surface area (Å²) >= 11 is 0. The van der Waals surface area contributed by atoms with Crippen LogP contribution in [0, 0.1) is 16.7 Å². The van der Waals surface area contributed by atoms with E-state index in [0.29, 0.717) is 17.0 Å². The van der Waals surface area contributed by atoms with Crippen molar-refractivity contribution in [3.63, 3.8) is 0 Å². The minimum atomic E-state index is -0.0551. The van der Waals surface area contributed by atoms with Gasteiger partial charge in [0.1, 0.15) is 17.2 Å². The van der Waals surface area contributed by atoms with E-state index in [1.807, 2.05) is 12.1 Å². The summed E-state index contributed by atoms with van der Waals surface area (Å²) in [7, 11) is 0. The summed E-state index contributed by atoms with van der Waals surface area (Å²) in [6.07, 6.45) is 5.37. The van der Waals surface area contributed by atoms with Gasteiger partial charge in [0.05, 0.1) is 12.2 Å². The molecule has 0 amide bonds. The molecule has 0 radical (unpaired) electrons. The number of fused-ring (bicyclic) bond motifs is 1. The lowest BCUT2D eigenvalue weighted by Crippen LogP contribution is -2.17. The van der Waals surface area contributed by atoms with Crippen molar-refractivity contribution in [1.29, 1.82) is 10.7 Å². The zero-order valence-corrected chi connectivity index (χ0v) is 16.6. The first-order valence-corrected chi connectivity index (χ1v) is 8.19. The molecule has 4 rings (SSSR count). The van der Waals surface area contributed by atoms with Crippen LogP contribution in [0.15, 0.2) is 39.6 Å². The second-order valence-electron chi connectivity index (χ2n) is 6.07. The molecule has 0 unspecified atom stereocenters. The second-order valence-corrected chi connectivity index (χ2v) is 6.07. The SMILES string of the molecule is I.N#Cc1nc2c(o1)CCC[C@H]2Nc1ccc(N)c(C(=N)c2cnco2)c1.[HH].[HH]. The van der Waals surface area contributed by atoms with Crippen LogP contribution < -0.4 is 11.1 Å². The molecule has 0 aliphatic heterocycles. The maximum absolute atomic E-state index is 9.00. The molecule has 0 spiro atoms. The number of nitrogens with zero attached hydrogens (tertiary/aromatic N) is 3. The minimum absolute atomic E-state index is 0. The van der Waals surface area contributed by atoms with Crippen molar-refractivity contribution in [2.75, 3.05) is 11.1 Å². The van der Waals surface area contributed by atoms with Gasteiger partial charge >= 0.3 is 5.89 Å². The first-order valence-electron chi connectivity index (χ1n) is 8.19. The molecule has 0 saturated carbocycles. The van der Waals surface area contributed by atoms with Crippen LogP contribution in [0.25, 0.3) is 0 Å². The zero-order valence-electron chi connectivity index (χ0n) is 14.2. The number of nitrogens with two attached hydrogens (primary N) is 1. The Morgan fingerprint density at radius 1 is 1.44 bits per heavy atom. The van der Waals surface area contributed by atoms with Gasteiger partial charge in [-0.3, -0.25) is 5.41 Å². The van der Waals surface area contributed by atoms with Crippen molar-refractivity contribution in [2.45, 2.75) is 25.3 Å². The number of benzene rings is 1. The molecule has 27 heavy (non-hydrogen) atoms. The van der Waals surface area contributed by atoms with Crippen LogP contribution in [0.2, 0.25) is 0 Å². The molecule has 4 N–H and O–H groups in total. The van der Waals surface area contributed by atoms with Gasteiger partial charge in [-0.15, -0.1) is 24.0 Å². The Labute approximate surface area is 175 Å². The lowest BCUT2D eigenvalue weighted by Gasteiger charge is -2.23. The van der Waals surface area contributed by atoms with Crippen molar-refractivity contribution < 1.29 is 11.7 Å². The summed E-state index contributed by atoms with van der Waals surface area (Å²) in [6, 6.07) is 7.30. The van der Waals surface area contributed by atoms with Crippen LogP contribution in [0.5, 0.6) is 0 Å². The number of nitrogen functional groups attached to an aromatic ring is 1. The number of aryl methyl sites for hydroxylation is 1. The molecule has 1 aliphatic rings. The maximum atomic E-state index is 9.00. The van der Waals surface area contributed by atoms with E-state index in [0.717, 1.165) is 36.4 Å². The highest BCUT2D eigenvalue weighted by Crippen LogP contribution is 2.33. The highest BCUT2D eigenvalue weighted by molar-refractivity contribution is 14.0. The maximum Gasteiger partial charge on any atom is 0.301 e. The molecule has 1 aromatic carbocycles. The Bertz CT molecular complexity index is 1020. The topological polar surface area (TPSA) is 138 Å². The molecule has 9 heteroatoms. The lowest BCUT2D eigenvalue weighted by atomic mass is 9.96. The fourth-order valence-electron chi connectivity index (χ4n) is 3.14. The number of hydrogen-bond acceptors (Lipinski definition) is 8. The number of hydrogen-bond donors (Lipinski definition) is 3. The largest absolute Gasteiger partial charge is 0.442 e. The molecule has 2 heterocycles. The van der Waals surface area contributed by atoms with Gasteiger partial charge < -0.3 is 19.9 Å². The Kier molecular flexibility index (Phi) is 5.46. The third kappa shape index (κ3) is 3.66. The van der Waals surface area contributed by atoms with Crippen molar-refractivity contribution in [1.82, 2.24) is 9.97 Å². The van der Waals surface area contributed by atoms with Gasteiger partial charge in [0, 0.05) is 26.2 Å². The fraction of sp³-hybridized carbons (Fsp3) is 0.222. The summed E-state index contributed by atoms with van der Waals surface area (Å²) in [4.78, 5) is 8.12. The minimum Gasteiger partial charge on any atom is -0.442 e. The Morgan fingerprint density at radius 3 is 3.04 bits per heavy atom. The molecule has 0 saturated heterocycles. The summed E-state index contributed by atoms with van der Waals surface area (Å²) in [5.74, 6) is 1.20. The van der Waals surface area contributed by atoms with Gasteiger partial charge in [-0.05, 0) is 31.0 Å². The van der Waals surface area contributed by atoms with Crippen molar-refractivity contribution >= 4 is 41.1 Å². The Balaban J connectivity index is 0.00000140. The predicted molar refractivity (Wildman–Crippen MR) is 113 cm³/mol. The third-order valence-corrected chi connectivity index (χ3v) is 4.39. The van der Waals surface area contributed by atoms with Gasteiger partial charge in [-0.2, -0.15) is 5.26 Å². The van der Waals surface area contributed by atoms with Crippen LogP contribution in [-0.4, -0.2) is 15.7 Å². The Morgan fingerprint density at radius 2 is 2.30 bits per heavy atom. The monoisotopic (exact) mass is 480 g/mol. The number of oxazole rings is 2. The van der Waals surface area contributed by atoms with Crippen molar-refractivity contribution in [3.8, 4) is 6.07 Å². The van der Waals surface area contributed by atoms with Gasteiger partial charge in [0.25, 0.3) is 0 Å². The lowest BCUT2D eigenvalue weighted by molar-refractivity contribution is 0.454. The summed E-state index contributed by atoms with van der Waals surface area (Å²) < 4.78 is 10.7. The highest BCUT2D eigenvalue weighted by Gasteiger charge is 2.26. The molecule has 0 fully saturated rings. The summed E-state index contributed by atoms with van der Waals surface area (Å²) in [5, 5.41) is 20.7. The first kappa shape index (κ1) is 18.9. The van der Waals surface area contributed by atoms with Crippen LogP contribution >= 0.6 is 24.0 Å². The van der Waals surface area contributed by atoms with E-state index in [-0.39, 0.29) is 44.5 Å². The average Bonchev–Trinajstić information content (AvgIpc) is 3.32. The molecule has 3 aromatic rings. The van der Waals surface area contributed by atoms with E-state index in [1.165, 1.54) is 12.6 Å². The molecular formula is C18H21IN6O2. The van der Waals surface area contributed by atoms with E-state index >= 15 is 0 Å². The van der Waals surface area contributed by atoms with E-state index in [1.54, 1.807) is 12.1 Å². The third-order valence-electron chi connectivity index (χ3n) is 4.39. The average molecular weight is 480 g/mol. The molecule has 2 aromatic heterocycles. The summed E-state index contributed by atoms with van der Waals surface area (Å²) in [6.45, 7) is 0. The number of rotatable bonds is 4. The molecule has 0 bridgehead atoms. The fourth-order valence-corrected chi connectivity index (χ4v) is 3.14. The van der Waals surface area contributed by atoms with Gasteiger partial charge in [-0.25, -0.2) is 9.97 Å². The number of aromatic nitrogens is 2. The van der Waals surface area contributed by atoms with Crippen LogP contribution in [0.4, 0.5) is 11.4 Å². The van der Waals surface area contributed by atoms with Crippen LogP contribution in [0.1, 0.15) is 50.4 Å². The molecule has 142 valence electrons. The van der Waals surface area contributed by atoms with Gasteiger partial charge in [0.2, 0.25) is 0 Å². The van der Waals surface area contributed by atoms with E-state index < -0.39 is 0 Å².